The van der Waals surface area contributed by atoms with Gasteiger partial charge in [-0.05, 0) is 29.2 Å². The number of aromatic nitrogens is 2. The second kappa shape index (κ2) is 10.5. The van der Waals surface area contributed by atoms with Crippen LogP contribution in [-0.2, 0) is 18.9 Å². The van der Waals surface area contributed by atoms with Crippen molar-refractivity contribution in [2.75, 3.05) is 37.4 Å². The standard InChI is InChI=1S/C24H30N6O4S/c1-5-33-18-11-10-15-8-6-7-9-16(15)19(18)17-14-35-23(26-17)27-34-13-12-28(2)20-21(25)29(3)24(32)30(4)22(20)31/h6-11,14,23,26-27H,5,12-13,25H2,1-4H3. The number of benzene rings is 2. The lowest BCUT2D eigenvalue weighted by molar-refractivity contribution is 0.0372. The Bertz CT molecular complexity index is 1380. The number of hydroxylamine groups is 1. The van der Waals surface area contributed by atoms with Gasteiger partial charge >= 0.3 is 5.69 Å². The third-order valence-electron chi connectivity index (χ3n) is 5.85. The molecule has 0 amide bonds. The molecule has 0 saturated carbocycles. The van der Waals surface area contributed by atoms with Crippen LogP contribution in [0, 0.1) is 0 Å². The minimum Gasteiger partial charge on any atom is -0.493 e. The average Bonchev–Trinajstić information content (AvgIpc) is 3.32. The maximum atomic E-state index is 12.5. The molecule has 2 heterocycles. The predicted molar refractivity (Wildman–Crippen MR) is 141 cm³/mol. The Kier molecular flexibility index (Phi) is 7.39. The Labute approximate surface area is 207 Å². The van der Waals surface area contributed by atoms with Crippen LogP contribution in [0.25, 0.3) is 16.5 Å². The molecule has 35 heavy (non-hydrogen) atoms. The van der Waals surface area contributed by atoms with Crippen LogP contribution in [0.1, 0.15) is 12.5 Å². The molecule has 0 radical (unpaired) electrons. The Morgan fingerprint density at radius 1 is 1.17 bits per heavy atom. The van der Waals surface area contributed by atoms with Crippen LogP contribution < -0.4 is 37.4 Å². The number of nitrogens with zero attached hydrogens (tertiary/aromatic N) is 3. The van der Waals surface area contributed by atoms with Crippen LogP contribution in [0.3, 0.4) is 0 Å². The number of nitrogens with two attached hydrogens (primary N) is 1. The fraction of sp³-hybridized carbons (Fsp3) is 0.333. The van der Waals surface area contributed by atoms with Crippen molar-refractivity contribution in [1.29, 1.82) is 0 Å². The van der Waals surface area contributed by atoms with Crippen molar-refractivity contribution in [2.24, 2.45) is 14.1 Å². The minimum absolute atomic E-state index is 0.121. The third kappa shape index (κ3) is 4.88. The summed E-state index contributed by atoms with van der Waals surface area (Å²) in [4.78, 5) is 31.9. The number of ether oxygens (including phenoxy) is 1. The zero-order valence-corrected chi connectivity index (χ0v) is 21.0. The Hall–Kier alpha value is -3.41. The van der Waals surface area contributed by atoms with E-state index in [9.17, 15) is 9.59 Å². The molecule has 4 rings (SSSR count). The summed E-state index contributed by atoms with van der Waals surface area (Å²) in [5.74, 6) is 0.945. The van der Waals surface area contributed by atoms with E-state index in [-0.39, 0.29) is 23.6 Å². The van der Waals surface area contributed by atoms with E-state index in [0.717, 1.165) is 32.3 Å². The molecule has 0 bridgehead atoms. The Morgan fingerprint density at radius 2 is 1.94 bits per heavy atom. The minimum atomic E-state index is -0.464. The molecule has 11 heteroatoms. The molecule has 1 unspecified atom stereocenters. The van der Waals surface area contributed by atoms with Crippen LogP contribution in [0.2, 0.25) is 0 Å². The molecule has 10 nitrogen and oxygen atoms in total. The van der Waals surface area contributed by atoms with Crippen molar-refractivity contribution in [1.82, 2.24) is 19.9 Å². The zero-order chi connectivity index (χ0) is 25.1. The summed E-state index contributed by atoms with van der Waals surface area (Å²) in [5, 5.41) is 7.73. The highest BCUT2D eigenvalue weighted by molar-refractivity contribution is 8.03. The molecule has 2 aromatic carbocycles. The molecule has 186 valence electrons. The molecule has 0 saturated heterocycles. The smallest absolute Gasteiger partial charge is 0.332 e. The lowest BCUT2D eigenvalue weighted by Gasteiger charge is -2.22. The van der Waals surface area contributed by atoms with Crippen molar-refractivity contribution in [2.45, 2.75) is 12.4 Å². The van der Waals surface area contributed by atoms with Crippen molar-refractivity contribution < 1.29 is 9.57 Å². The first kappa shape index (κ1) is 24.7. The monoisotopic (exact) mass is 498 g/mol. The summed E-state index contributed by atoms with van der Waals surface area (Å²) in [6.07, 6.45) is 0. The number of rotatable bonds is 9. The second-order valence-corrected chi connectivity index (χ2v) is 9.09. The quantitative estimate of drug-likeness (QED) is 0.300. The van der Waals surface area contributed by atoms with Gasteiger partial charge in [0.15, 0.2) is 5.50 Å². The molecule has 1 aliphatic rings. The van der Waals surface area contributed by atoms with E-state index in [1.807, 2.05) is 30.5 Å². The average molecular weight is 499 g/mol. The van der Waals surface area contributed by atoms with Gasteiger partial charge in [-0.1, -0.05) is 42.1 Å². The third-order valence-corrected chi connectivity index (χ3v) is 6.71. The summed E-state index contributed by atoms with van der Waals surface area (Å²) in [6.45, 7) is 3.22. The van der Waals surface area contributed by atoms with Gasteiger partial charge in [0.05, 0.1) is 18.9 Å². The summed E-state index contributed by atoms with van der Waals surface area (Å²) >= 11 is 1.56. The van der Waals surface area contributed by atoms with E-state index < -0.39 is 11.2 Å². The first-order valence-electron chi connectivity index (χ1n) is 11.2. The van der Waals surface area contributed by atoms with Crippen LogP contribution in [0.4, 0.5) is 11.5 Å². The van der Waals surface area contributed by atoms with E-state index >= 15 is 0 Å². The molecule has 1 aliphatic heterocycles. The van der Waals surface area contributed by atoms with Crippen molar-refractivity contribution in [3.05, 3.63) is 68.2 Å². The van der Waals surface area contributed by atoms with Gasteiger partial charge in [-0.2, -0.15) is 5.48 Å². The molecule has 4 N–H and O–H groups in total. The van der Waals surface area contributed by atoms with Gasteiger partial charge in [-0.15, -0.1) is 0 Å². The van der Waals surface area contributed by atoms with E-state index in [2.05, 4.69) is 29.0 Å². The molecule has 3 aromatic rings. The second-order valence-electron chi connectivity index (χ2n) is 8.11. The highest BCUT2D eigenvalue weighted by Crippen LogP contribution is 2.37. The van der Waals surface area contributed by atoms with Crippen LogP contribution in [0.15, 0.2) is 51.4 Å². The fourth-order valence-corrected chi connectivity index (χ4v) is 4.75. The van der Waals surface area contributed by atoms with Crippen molar-refractivity contribution >= 4 is 39.7 Å². The van der Waals surface area contributed by atoms with Gasteiger partial charge < -0.3 is 20.7 Å². The maximum Gasteiger partial charge on any atom is 0.332 e. The largest absolute Gasteiger partial charge is 0.493 e. The first-order valence-corrected chi connectivity index (χ1v) is 12.2. The number of thioether (sulfide) groups is 1. The van der Waals surface area contributed by atoms with E-state index in [1.54, 1.807) is 23.7 Å². The van der Waals surface area contributed by atoms with E-state index in [0.29, 0.717) is 13.2 Å². The number of hydrogen-bond acceptors (Lipinski definition) is 9. The van der Waals surface area contributed by atoms with Crippen molar-refractivity contribution in [3.8, 4) is 5.75 Å². The number of hydrogen-bond donors (Lipinski definition) is 3. The van der Waals surface area contributed by atoms with E-state index in [4.69, 9.17) is 15.3 Å². The Balaban J connectivity index is 1.37. The number of nitrogen functional groups attached to an aromatic ring is 1. The van der Waals surface area contributed by atoms with Gasteiger partial charge in [0.2, 0.25) is 0 Å². The lowest BCUT2D eigenvalue weighted by Crippen LogP contribution is -2.43. The topological polar surface area (TPSA) is 116 Å². The van der Waals surface area contributed by atoms with Gasteiger partial charge in [-0.3, -0.25) is 18.8 Å². The highest BCUT2D eigenvalue weighted by Gasteiger charge is 2.22. The molecule has 0 fully saturated rings. The maximum absolute atomic E-state index is 12.5. The zero-order valence-electron chi connectivity index (χ0n) is 20.2. The normalized spacial score (nSPS) is 15.2. The molecular weight excluding hydrogens is 468 g/mol. The van der Waals surface area contributed by atoms with Crippen LogP contribution in [-0.4, -0.2) is 41.4 Å². The molecule has 0 spiro atoms. The number of likely N-dealkylation sites (N-methyl/N-ethyl adjacent to an activating group) is 1. The molecular formula is C24H30N6O4S. The van der Waals surface area contributed by atoms with Gasteiger partial charge in [0.1, 0.15) is 17.3 Å². The lowest BCUT2D eigenvalue weighted by atomic mass is 10.0. The molecule has 0 aliphatic carbocycles. The van der Waals surface area contributed by atoms with Crippen molar-refractivity contribution in [3.63, 3.8) is 0 Å². The predicted octanol–water partition coefficient (Wildman–Crippen LogP) is 1.79. The number of anilines is 2. The molecule has 1 aromatic heterocycles. The summed E-state index contributed by atoms with van der Waals surface area (Å²) in [5.41, 5.74) is 10.2. The first-order chi connectivity index (χ1) is 16.8. The van der Waals surface area contributed by atoms with Crippen LogP contribution in [0.5, 0.6) is 5.75 Å². The Morgan fingerprint density at radius 3 is 2.71 bits per heavy atom. The molecule has 1 atom stereocenters. The van der Waals surface area contributed by atoms with E-state index in [1.165, 1.54) is 18.7 Å². The summed E-state index contributed by atoms with van der Waals surface area (Å²) in [6, 6.07) is 12.3. The summed E-state index contributed by atoms with van der Waals surface area (Å²) < 4.78 is 8.19. The SMILES string of the molecule is CCOc1ccc2ccccc2c1C1=CSC(NOCCN(C)c2c(N)n(C)c(=O)n(C)c2=O)N1. The highest BCUT2D eigenvalue weighted by atomic mass is 32.2. The summed E-state index contributed by atoms with van der Waals surface area (Å²) in [7, 11) is 4.70. The fourth-order valence-electron chi connectivity index (χ4n) is 3.97. The number of fused-ring (bicyclic) bond motifs is 1. The number of nitrogens with one attached hydrogen (secondary N) is 2. The van der Waals surface area contributed by atoms with Gasteiger partial charge in [0.25, 0.3) is 5.56 Å². The van der Waals surface area contributed by atoms with Crippen LogP contribution >= 0.6 is 11.8 Å². The van der Waals surface area contributed by atoms with Gasteiger partial charge in [-0.25, -0.2) is 4.79 Å². The van der Waals surface area contributed by atoms with Gasteiger partial charge in [0, 0.05) is 33.3 Å².